The molecule has 2 unspecified atom stereocenters. The first-order valence-corrected chi connectivity index (χ1v) is 9.37. The van der Waals surface area contributed by atoms with Crippen molar-refractivity contribution in [2.75, 3.05) is 11.9 Å². The van der Waals surface area contributed by atoms with Crippen molar-refractivity contribution < 1.29 is 14.7 Å². The molecule has 1 aromatic carbocycles. The number of hydrogen-bond donors (Lipinski definition) is 5. The number of nitrogens with one attached hydrogen (secondary N) is 3. The fourth-order valence-electron chi connectivity index (χ4n) is 4.46. The summed E-state index contributed by atoms with van der Waals surface area (Å²) in [5.41, 5.74) is 13.7. The number of rotatable bonds is 2. The van der Waals surface area contributed by atoms with Crippen molar-refractivity contribution >= 4 is 17.7 Å². The van der Waals surface area contributed by atoms with Gasteiger partial charge >= 0.3 is 6.09 Å². The van der Waals surface area contributed by atoms with E-state index in [9.17, 15) is 9.59 Å². The van der Waals surface area contributed by atoms with Crippen LogP contribution >= 0.6 is 0 Å². The molecule has 8 nitrogen and oxygen atoms in total. The second-order valence-corrected chi connectivity index (χ2v) is 7.50. The SMILES string of the molecule is Cc1cccc2c1NCCC2C(=O)N1N[C@H]2CCC(NC(=O)O)CC2=C1N. The van der Waals surface area contributed by atoms with Crippen LogP contribution in [-0.4, -0.2) is 40.7 Å². The molecule has 0 spiro atoms. The molecular formula is C19H25N5O3. The fourth-order valence-corrected chi connectivity index (χ4v) is 4.46. The number of hydrogen-bond acceptors (Lipinski definition) is 5. The number of carbonyl (C=O) groups excluding carboxylic acids is 1. The van der Waals surface area contributed by atoms with Crippen LogP contribution in [0.15, 0.2) is 29.6 Å². The Kier molecular flexibility index (Phi) is 4.43. The number of fused-ring (bicyclic) bond motifs is 2. The molecule has 0 saturated heterocycles. The van der Waals surface area contributed by atoms with Crippen LogP contribution < -0.4 is 21.8 Å². The first-order valence-electron chi connectivity index (χ1n) is 9.37. The van der Waals surface area contributed by atoms with E-state index in [1.165, 1.54) is 5.01 Å². The Bertz CT molecular complexity index is 822. The molecule has 0 aromatic heterocycles. The number of nitrogens with two attached hydrogens (primary N) is 1. The minimum absolute atomic E-state index is 0.000472. The number of benzene rings is 1. The van der Waals surface area contributed by atoms with Crippen LogP contribution in [0.5, 0.6) is 0 Å². The van der Waals surface area contributed by atoms with Crippen LogP contribution in [0.2, 0.25) is 0 Å². The van der Waals surface area contributed by atoms with Crippen LogP contribution in [0.1, 0.15) is 42.7 Å². The van der Waals surface area contributed by atoms with Gasteiger partial charge in [-0.15, -0.1) is 0 Å². The average molecular weight is 371 g/mol. The third-order valence-electron chi connectivity index (χ3n) is 5.81. The minimum Gasteiger partial charge on any atom is -0.465 e. The molecule has 1 aromatic rings. The molecule has 1 aliphatic carbocycles. The van der Waals surface area contributed by atoms with E-state index < -0.39 is 6.09 Å². The van der Waals surface area contributed by atoms with E-state index in [1.54, 1.807) is 0 Å². The highest BCUT2D eigenvalue weighted by atomic mass is 16.4. The largest absolute Gasteiger partial charge is 0.465 e. The van der Waals surface area contributed by atoms with Gasteiger partial charge in [0.15, 0.2) is 0 Å². The summed E-state index contributed by atoms with van der Waals surface area (Å²) >= 11 is 0. The highest BCUT2D eigenvalue weighted by Gasteiger charge is 2.40. The topological polar surface area (TPSA) is 120 Å². The smallest absolute Gasteiger partial charge is 0.404 e. The molecule has 0 radical (unpaired) electrons. The fraction of sp³-hybridized carbons (Fsp3) is 0.474. The molecule has 8 heteroatoms. The lowest BCUT2D eigenvalue weighted by Crippen LogP contribution is -2.47. The van der Waals surface area contributed by atoms with Crippen LogP contribution in [0.3, 0.4) is 0 Å². The van der Waals surface area contributed by atoms with Gasteiger partial charge in [-0.2, -0.15) is 0 Å². The summed E-state index contributed by atoms with van der Waals surface area (Å²) in [6, 6.07) is 5.84. The van der Waals surface area contributed by atoms with E-state index in [0.29, 0.717) is 18.7 Å². The lowest BCUT2D eigenvalue weighted by molar-refractivity contribution is -0.133. The zero-order valence-electron chi connectivity index (χ0n) is 15.3. The van der Waals surface area contributed by atoms with Crippen molar-refractivity contribution in [3.8, 4) is 0 Å². The molecule has 2 heterocycles. The Hall–Kier alpha value is -2.74. The predicted molar refractivity (Wildman–Crippen MR) is 101 cm³/mol. The Morgan fingerprint density at radius 3 is 2.89 bits per heavy atom. The summed E-state index contributed by atoms with van der Waals surface area (Å²) in [6.07, 6.45) is 1.68. The van der Waals surface area contributed by atoms with E-state index in [2.05, 4.69) is 16.1 Å². The van der Waals surface area contributed by atoms with Gasteiger partial charge in [-0.1, -0.05) is 18.2 Å². The molecule has 2 amide bonds. The molecular weight excluding hydrogens is 346 g/mol. The molecule has 2 aliphatic heterocycles. The summed E-state index contributed by atoms with van der Waals surface area (Å²) in [7, 11) is 0. The number of nitrogens with zero attached hydrogens (tertiary/aromatic N) is 1. The normalized spacial score (nSPS) is 26.9. The van der Waals surface area contributed by atoms with E-state index in [-0.39, 0.29) is 23.9 Å². The summed E-state index contributed by atoms with van der Waals surface area (Å²) in [5.74, 6) is 0.126. The molecule has 1 saturated carbocycles. The molecule has 4 rings (SSSR count). The van der Waals surface area contributed by atoms with Gasteiger partial charge in [-0.05, 0) is 49.3 Å². The minimum atomic E-state index is -1.03. The zero-order valence-corrected chi connectivity index (χ0v) is 15.3. The number of anilines is 1. The first-order chi connectivity index (χ1) is 13.0. The number of hydrazine groups is 1. The number of carboxylic acid groups (broad SMARTS) is 1. The number of para-hydroxylation sites is 1. The van der Waals surface area contributed by atoms with E-state index in [0.717, 1.165) is 41.8 Å². The van der Waals surface area contributed by atoms with E-state index in [4.69, 9.17) is 10.8 Å². The molecule has 3 aliphatic rings. The molecule has 144 valence electrons. The maximum Gasteiger partial charge on any atom is 0.404 e. The van der Waals surface area contributed by atoms with E-state index >= 15 is 0 Å². The number of aryl methyl sites for hydroxylation is 1. The van der Waals surface area contributed by atoms with Crippen molar-refractivity contribution in [1.82, 2.24) is 15.8 Å². The lowest BCUT2D eigenvalue weighted by atomic mass is 9.87. The quantitative estimate of drug-likeness (QED) is 0.539. The highest BCUT2D eigenvalue weighted by Crippen LogP contribution is 2.37. The second-order valence-electron chi connectivity index (χ2n) is 7.50. The van der Waals surface area contributed by atoms with Crippen molar-refractivity contribution in [1.29, 1.82) is 0 Å². The van der Waals surface area contributed by atoms with Crippen molar-refractivity contribution in [3.05, 3.63) is 40.7 Å². The first kappa shape index (κ1) is 17.7. The van der Waals surface area contributed by atoms with Gasteiger partial charge in [0, 0.05) is 18.3 Å². The zero-order chi connectivity index (χ0) is 19.1. The lowest BCUT2D eigenvalue weighted by Gasteiger charge is -2.31. The van der Waals surface area contributed by atoms with Crippen LogP contribution in [0.25, 0.3) is 0 Å². The van der Waals surface area contributed by atoms with Crippen LogP contribution in [-0.2, 0) is 4.79 Å². The van der Waals surface area contributed by atoms with Crippen molar-refractivity contribution in [2.45, 2.75) is 50.6 Å². The summed E-state index contributed by atoms with van der Waals surface area (Å²) < 4.78 is 0. The Morgan fingerprint density at radius 1 is 1.30 bits per heavy atom. The van der Waals surface area contributed by atoms with Gasteiger partial charge in [0.25, 0.3) is 0 Å². The number of carbonyl (C=O) groups is 2. The van der Waals surface area contributed by atoms with Crippen molar-refractivity contribution in [2.24, 2.45) is 5.73 Å². The van der Waals surface area contributed by atoms with Crippen LogP contribution in [0.4, 0.5) is 10.5 Å². The standard InChI is InChI=1S/C19H25N5O3/c1-10-3-2-4-12-13(7-8-21-16(10)12)18(25)24-17(20)14-9-11(22-19(26)27)5-6-15(14)23-24/h2-4,11,13,15,21-23H,5-9,20H2,1H3,(H,26,27)/t11?,13?,15-/m0/s1. The summed E-state index contributed by atoms with van der Waals surface area (Å²) in [6.45, 7) is 2.78. The van der Waals surface area contributed by atoms with Gasteiger partial charge in [0.1, 0.15) is 5.82 Å². The van der Waals surface area contributed by atoms with Gasteiger partial charge < -0.3 is 21.5 Å². The predicted octanol–water partition coefficient (Wildman–Crippen LogP) is 1.60. The summed E-state index contributed by atoms with van der Waals surface area (Å²) in [5, 5.41) is 16.4. The van der Waals surface area contributed by atoms with Gasteiger partial charge in [-0.25, -0.2) is 15.2 Å². The Labute approximate surface area is 157 Å². The molecule has 1 fully saturated rings. The van der Waals surface area contributed by atoms with Crippen molar-refractivity contribution in [3.63, 3.8) is 0 Å². The maximum absolute atomic E-state index is 13.3. The maximum atomic E-state index is 13.3. The Morgan fingerprint density at radius 2 is 2.11 bits per heavy atom. The second kappa shape index (κ2) is 6.77. The molecule has 3 atom stereocenters. The van der Waals surface area contributed by atoms with Gasteiger partial charge in [-0.3, -0.25) is 4.79 Å². The molecule has 0 bridgehead atoms. The number of amides is 2. The third kappa shape index (κ3) is 3.10. The van der Waals surface area contributed by atoms with Crippen LogP contribution in [0, 0.1) is 6.92 Å². The Balaban J connectivity index is 1.57. The molecule has 27 heavy (non-hydrogen) atoms. The van der Waals surface area contributed by atoms with E-state index in [1.807, 2.05) is 25.1 Å². The third-order valence-corrected chi connectivity index (χ3v) is 5.81. The monoisotopic (exact) mass is 371 g/mol. The summed E-state index contributed by atoms with van der Waals surface area (Å²) in [4.78, 5) is 24.2. The average Bonchev–Trinajstić information content (AvgIpc) is 2.97. The van der Waals surface area contributed by atoms with Gasteiger partial charge in [0.05, 0.1) is 12.0 Å². The molecule has 6 N–H and O–H groups in total. The van der Waals surface area contributed by atoms with Gasteiger partial charge in [0.2, 0.25) is 5.91 Å². The highest BCUT2D eigenvalue weighted by molar-refractivity contribution is 5.88.